The van der Waals surface area contributed by atoms with Gasteiger partial charge in [-0.15, -0.1) is 5.06 Å². The highest BCUT2D eigenvalue weighted by molar-refractivity contribution is 5.68. The SMILES string of the molecule is CCCCC/C=C\CCN(CC/C=C\CCCCC)OC(=O)CCCCCCCCCN(CCC)CCCCCCCC/C=C\CCCCCCCC. The third-order valence-electron chi connectivity index (χ3n) is 10.5. The van der Waals surface area contributed by atoms with Crippen LogP contribution < -0.4 is 0 Å². The smallest absolute Gasteiger partial charge is 0.325 e. The van der Waals surface area contributed by atoms with Crippen LogP contribution in [0.5, 0.6) is 0 Å². The Morgan fingerprint density at radius 1 is 0.358 bits per heavy atom. The van der Waals surface area contributed by atoms with E-state index in [0.717, 1.165) is 51.6 Å². The van der Waals surface area contributed by atoms with Crippen LogP contribution in [0.25, 0.3) is 0 Å². The lowest BCUT2D eigenvalue weighted by molar-refractivity contribution is -0.190. The summed E-state index contributed by atoms with van der Waals surface area (Å²) < 4.78 is 0. The Labute approximate surface area is 333 Å². The molecule has 0 rings (SSSR count). The first-order valence-corrected chi connectivity index (χ1v) is 23.8. The molecule has 0 aliphatic heterocycles. The quantitative estimate of drug-likeness (QED) is 0.0354. The number of carbonyl (C=O) groups excluding carboxylic acids is 1. The van der Waals surface area contributed by atoms with Gasteiger partial charge in [0.25, 0.3) is 0 Å². The molecule has 0 amide bonds. The Morgan fingerprint density at radius 3 is 1.13 bits per heavy atom. The van der Waals surface area contributed by atoms with E-state index in [-0.39, 0.29) is 5.97 Å². The molecule has 0 heterocycles. The maximum Gasteiger partial charge on any atom is 0.325 e. The predicted octanol–water partition coefficient (Wildman–Crippen LogP) is 15.7. The minimum atomic E-state index is -0.0540. The van der Waals surface area contributed by atoms with Crippen LogP contribution in [0.3, 0.4) is 0 Å². The van der Waals surface area contributed by atoms with Crippen LogP contribution in [0, 0.1) is 0 Å². The molecule has 0 unspecified atom stereocenters. The second kappa shape index (κ2) is 45.0. The van der Waals surface area contributed by atoms with Crippen molar-refractivity contribution in [2.75, 3.05) is 32.7 Å². The number of hydrogen-bond donors (Lipinski definition) is 0. The van der Waals surface area contributed by atoms with Gasteiger partial charge < -0.3 is 9.74 Å². The van der Waals surface area contributed by atoms with Gasteiger partial charge in [0, 0.05) is 19.5 Å². The molecule has 0 fully saturated rings. The topological polar surface area (TPSA) is 32.8 Å². The van der Waals surface area contributed by atoms with Crippen LogP contribution >= 0.6 is 0 Å². The minimum absolute atomic E-state index is 0.0540. The van der Waals surface area contributed by atoms with E-state index in [9.17, 15) is 4.79 Å². The molecule has 0 aromatic rings. The molecule has 0 aromatic carbocycles. The molecule has 0 spiro atoms. The Kier molecular flexibility index (Phi) is 43.8. The van der Waals surface area contributed by atoms with E-state index in [1.165, 1.54) is 187 Å². The van der Waals surface area contributed by atoms with Crippen LogP contribution in [0.4, 0.5) is 0 Å². The Morgan fingerprint density at radius 2 is 0.698 bits per heavy atom. The summed E-state index contributed by atoms with van der Waals surface area (Å²) in [5.74, 6) is -0.0540. The normalized spacial score (nSPS) is 12.2. The lowest BCUT2D eigenvalue weighted by Gasteiger charge is -2.21. The molecule has 0 aliphatic carbocycles. The molecule has 0 saturated heterocycles. The summed E-state index contributed by atoms with van der Waals surface area (Å²) in [5.41, 5.74) is 0. The number of rotatable bonds is 43. The van der Waals surface area contributed by atoms with Crippen molar-refractivity contribution in [3.63, 3.8) is 0 Å². The van der Waals surface area contributed by atoms with Crippen molar-refractivity contribution < 1.29 is 9.63 Å². The highest BCUT2D eigenvalue weighted by Gasteiger charge is 2.11. The van der Waals surface area contributed by atoms with Gasteiger partial charge in [-0.1, -0.05) is 180 Å². The van der Waals surface area contributed by atoms with E-state index in [2.05, 4.69) is 69.1 Å². The summed E-state index contributed by atoms with van der Waals surface area (Å²) in [6.07, 6.45) is 55.6. The number of hydroxylamine groups is 2. The van der Waals surface area contributed by atoms with Gasteiger partial charge in [-0.25, -0.2) is 0 Å². The monoisotopic (exact) mass is 743 g/mol. The van der Waals surface area contributed by atoms with Crippen molar-refractivity contribution in [1.29, 1.82) is 0 Å². The van der Waals surface area contributed by atoms with Crippen LogP contribution in [0.2, 0.25) is 0 Å². The first-order valence-electron chi connectivity index (χ1n) is 23.8. The Balaban J connectivity index is 3.95. The predicted molar refractivity (Wildman–Crippen MR) is 237 cm³/mol. The van der Waals surface area contributed by atoms with Gasteiger partial charge in [0.1, 0.15) is 0 Å². The van der Waals surface area contributed by atoms with Crippen LogP contribution in [-0.2, 0) is 9.63 Å². The Hall–Kier alpha value is -1.39. The van der Waals surface area contributed by atoms with E-state index in [1.54, 1.807) is 0 Å². The Bertz CT molecular complexity index is 782. The summed E-state index contributed by atoms with van der Waals surface area (Å²) in [6.45, 7) is 14.5. The number of hydrogen-bond acceptors (Lipinski definition) is 4. The number of unbranched alkanes of at least 4 members (excludes halogenated alkanes) is 24. The van der Waals surface area contributed by atoms with Crippen molar-refractivity contribution in [1.82, 2.24) is 9.96 Å². The first-order chi connectivity index (χ1) is 26.2. The van der Waals surface area contributed by atoms with Gasteiger partial charge in [0.2, 0.25) is 0 Å². The first kappa shape index (κ1) is 51.6. The van der Waals surface area contributed by atoms with Gasteiger partial charge in [0.15, 0.2) is 0 Å². The summed E-state index contributed by atoms with van der Waals surface area (Å²) in [5, 5.41) is 1.91. The summed E-state index contributed by atoms with van der Waals surface area (Å²) >= 11 is 0. The van der Waals surface area contributed by atoms with Crippen LogP contribution in [-0.4, -0.2) is 48.7 Å². The van der Waals surface area contributed by atoms with Gasteiger partial charge >= 0.3 is 5.97 Å². The molecule has 0 saturated carbocycles. The van der Waals surface area contributed by atoms with Crippen LogP contribution in [0.15, 0.2) is 36.5 Å². The van der Waals surface area contributed by atoms with Crippen molar-refractivity contribution in [3.8, 4) is 0 Å². The van der Waals surface area contributed by atoms with Crippen LogP contribution in [0.1, 0.15) is 240 Å². The third-order valence-corrected chi connectivity index (χ3v) is 10.5. The van der Waals surface area contributed by atoms with Gasteiger partial charge in [-0.05, 0) is 110 Å². The number of nitrogens with zero attached hydrogens (tertiary/aromatic N) is 2. The maximum absolute atomic E-state index is 12.7. The second-order valence-electron chi connectivity index (χ2n) is 15.9. The van der Waals surface area contributed by atoms with Crippen molar-refractivity contribution in [2.24, 2.45) is 0 Å². The molecule has 312 valence electrons. The molecule has 0 aromatic heterocycles. The fraction of sp³-hybridized carbons (Fsp3) is 0.857. The zero-order valence-corrected chi connectivity index (χ0v) is 36.5. The molecule has 53 heavy (non-hydrogen) atoms. The highest BCUT2D eigenvalue weighted by Crippen LogP contribution is 2.13. The van der Waals surface area contributed by atoms with Gasteiger partial charge in [0.05, 0.1) is 0 Å². The lowest BCUT2D eigenvalue weighted by Crippen LogP contribution is -2.29. The summed E-state index contributed by atoms with van der Waals surface area (Å²) in [4.78, 5) is 21.2. The minimum Gasteiger partial charge on any atom is -0.368 e. The molecule has 4 nitrogen and oxygen atoms in total. The highest BCUT2D eigenvalue weighted by atomic mass is 16.7. The standard InChI is InChI=1S/C49H94N2O2/c1-5-9-12-15-18-19-20-21-22-23-24-25-26-31-34-39-45-50(44-8-4)46-40-35-32-27-28-33-38-43-49(52)53-51(47-41-36-29-16-13-10-6-2)48-42-37-30-17-14-11-7-3/h21-22,29-30,36-37H,5-20,23-28,31-35,38-48H2,1-4H3/b22-21-,36-29-,37-30-. The molecule has 0 atom stereocenters. The lowest BCUT2D eigenvalue weighted by atomic mass is 10.1. The molecule has 0 bridgehead atoms. The van der Waals surface area contributed by atoms with Crippen molar-refractivity contribution >= 4 is 5.97 Å². The van der Waals surface area contributed by atoms with E-state index < -0.39 is 0 Å². The zero-order chi connectivity index (χ0) is 38.6. The average molecular weight is 743 g/mol. The third kappa shape index (κ3) is 41.6. The molecular formula is C49H94N2O2. The fourth-order valence-electron chi connectivity index (χ4n) is 7.05. The second-order valence-corrected chi connectivity index (χ2v) is 15.9. The van der Waals surface area contributed by atoms with Gasteiger partial charge in [-0.3, -0.25) is 4.79 Å². The zero-order valence-electron chi connectivity index (χ0n) is 36.5. The molecular weight excluding hydrogens is 649 g/mol. The molecule has 4 heteroatoms. The van der Waals surface area contributed by atoms with Gasteiger partial charge in [-0.2, -0.15) is 0 Å². The summed E-state index contributed by atoms with van der Waals surface area (Å²) in [6, 6.07) is 0. The average Bonchev–Trinajstić information content (AvgIpc) is 3.16. The molecule has 0 N–H and O–H groups in total. The molecule has 0 radical (unpaired) electrons. The van der Waals surface area contributed by atoms with Crippen molar-refractivity contribution in [2.45, 2.75) is 240 Å². The number of carbonyl (C=O) groups is 1. The number of allylic oxidation sites excluding steroid dienone is 4. The molecule has 0 aliphatic rings. The van der Waals surface area contributed by atoms with E-state index in [1.807, 2.05) is 5.06 Å². The van der Waals surface area contributed by atoms with E-state index >= 15 is 0 Å². The maximum atomic E-state index is 12.7. The van der Waals surface area contributed by atoms with Crippen molar-refractivity contribution in [3.05, 3.63) is 36.5 Å². The van der Waals surface area contributed by atoms with E-state index in [4.69, 9.17) is 4.84 Å². The summed E-state index contributed by atoms with van der Waals surface area (Å²) in [7, 11) is 0. The van der Waals surface area contributed by atoms with E-state index in [0.29, 0.717) is 6.42 Å². The largest absolute Gasteiger partial charge is 0.368 e. The fourth-order valence-corrected chi connectivity index (χ4v) is 7.05.